The van der Waals surface area contributed by atoms with E-state index in [1.807, 2.05) is 30.3 Å². The van der Waals surface area contributed by atoms with Crippen LogP contribution in [0.4, 0.5) is 5.69 Å². The number of hydrogen-bond acceptors (Lipinski definition) is 3. The van der Waals surface area contributed by atoms with Crippen molar-refractivity contribution in [2.45, 2.75) is 6.17 Å². The average molecular weight is 162 g/mol. The third kappa shape index (κ3) is 1.56. The van der Waals surface area contributed by atoms with Crippen LogP contribution in [0.5, 0.6) is 0 Å². The van der Waals surface area contributed by atoms with Gasteiger partial charge < -0.3 is 10.1 Å². The van der Waals surface area contributed by atoms with E-state index >= 15 is 0 Å². The van der Waals surface area contributed by atoms with Gasteiger partial charge >= 0.3 is 0 Å². The van der Waals surface area contributed by atoms with Crippen LogP contribution in [0.25, 0.3) is 0 Å². The van der Waals surface area contributed by atoms with Gasteiger partial charge in [-0.1, -0.05) is 18.2 Å². The van der Waals surface area contributed by atoms with Crippen LogP contribution >= 0.6 is 0 Å². The summed E-state index contributed by atoms with van der Waals surface area (Å²) in [4.78, 5) is 4.07. The molecule has 0 saturated heterocycles. The molecule has 0 aromatic heterocycles. The van der Waals surface area contributed by atoms with E-state index < -0.39 is 0 Å². The largest absolute Gasteiger partial charge is 0.479 e. The summed E-state index contributed by atoms with van der Waals surface area (Å²) in [7, 11) is 0. The standard InChI is InChI=1S/C9H10N2O/c1-2-4-8(5-3-1)11-9-6-12-7-10-9/h1-5,7,9,11H,6H2. The van der Waals surface area contributed by atoms with Crippen LogP contribution in [0.15, 0.2) is 35.3 Å². The zero-order valence-corrected chi connectivity index (χ0v) is 6.60. The van der Waals surface area contributed by atoms with Crippen molar-refractivity contribution in [3.63, 3.8) is 0 Å². The molecule has 1 atom stereocenters. The summed E-state index contributed by atoms with van der Waals surface area (Å²) in [5.74, 6) is 0. The van der Waals surface area contributed by atoms with Gasteiger partial charge in [-0.3, -0.25) is 0 Å². The van der Waals surface area contributed by atoms with Crippen LogP contribution in [-0.2, 0) is 4.74 Å². The first-order chi connectivity index (χ1) is 5.95. The lowest BCUT2D eigenvalue weighted by molar-refractivity contribution is 0.337. The van der Waals surface area contributed by atoms with Gasteiger partial charge in [-0.2, -0.15) is 0 Å². The van der Waals surface area contributed by atoms with E-state index in [-0.39, 0.29) is 6.17 Å². The molecule has 2 rings (SSSR count). The van der Waals surface area contributed by atoms with Crippen molar-refractivity contribution in [2.75, 3.05) is 11.9 Å². The number of hydrogen-bond donors (Lipinski definition) is 1. The molecule has 62 valence electrons. The number of rotatable bonds is 2. The number of ether oxygens (including phenoxy) is 1. The molecule has 3 nitrogen and oxygen atoms in total. The normalized spacial score (nSPS) is 20.5. The highest BCUT2D eigenvalue weighted by molar-refractivity contribution is 5.51. The Morgan fingerprint density at radius 2 is 2.17 bits per heavy atom. The lowest BCUT2D eigenvalue weighted by Gasteiger charge is -2.08. The fourth-order valence-electron chi connectivity index (χ4n) is 1.10. The summed E-state index contributed by atoms with van der Waals surface area (Å²) < 4.78 is 4.98. The summed E-state index contributed by atoms with van der Waals surface area (Å²) >= 11 is 0. The summed E-state index contributed by atoms with van der Waals surface area (Å²) in [6.07, 6.45) is 1.56. The molecule has 0 saturated carbocycles. The molecular weight excluding hydrogens is 152 g/mol. The van der Waals surface area contributed by atoms with Gasteiger partial charge in [0.25, 0.3) is 0 Å². The van der Waals surface area contributed by atoms with Crippen LogP contribution in [0.3, 0.4) is 0 Å². The zero-order valence-electron chi connectivity index (χ0n) is 6.60. The quantitative estimate of drug-likeness (QED) is 0.714. The van der Waals surface area contributed by atoms with Crippen molar-refractivity contribution in [3.8, 4) is 0 Å². The molecule has 0 radical (unpaired) electrons. The number of anilines is 1. The number of nitrogens with zero attached hydrogens (tertiary/aromatic N) is 1. The van der Waals surface area contributed by atoms with Gasteiger partial charge in [0.05, 0.1) is 0 Å². The molecule has 0 aliphatic carbocycles. The molecular formula is C9H10N2O. The summed E-state index contributed by atoms with van der Waals surface area (Å²) in [5, 5.41) is 3.22. The van der Waals surface area contributed by atoms with Crippen molar-refractivity contribution in [1.82, 2.24) is 0 Å². The van der Waals surface area contributed by atoms with E-state index in [0.717, 1.165) is 5.69 Å². The highest BCUT2D eigenvalue weighted by Crippen LogP contribution is 2.09. The summed E-state index contributed by atoms with van der Waals surface area (Å²) in [6.45, 7) is 0.620. The van der Waals surface area contributed by atoms with Crippen LogP contribution in [-0.4, -0.2) is 19.2 Å². The van der Waals surface area contributed by atoms with Crippen LogP contribution in [0, 0.1) is 0 Å². The minimum atomic E-state index is 0.0763. The highest BCUT2D eigenvalue weighted by atomic mass is 16.5. The molecule has 1 heterocycles. The first-order valence-corrected chi connectivity index (χ1v) is 3.90. The molecule has 1 aromatic rings. The topological polar surface area (TPSA) is 33.6 Å². The molecule has 1 unspecified atom stereocenters. The lowest BCUT2D eigenvalue weighted by Crippen LogP contribution is -2.17. The predicted molar refractivity (Wildman–Crippen MR) is 48.3 cm³/mol. The summed E-state index contributed by atoms with van der Waals surface area (Å²) in [5.41, 5.74) is 1.07. The molecule has 0 bridgehead atoms. The van der Waals surface area contributed by atoms with Crippen molar-refractivity contribution >= 4 is 12.1 Å². The first-order valence-electron chi connectivity index (χ1n) is 3.90. The minimum Gasteiger partial charge on any atom is -0.479 e. The summed E-state index contributed by atoms with van der Waals surface area (Å²) in [6, 6.07) is 9.98. The Morgan fingerprint density at radius 3 is 2.83 bits per heavy atom. The van der Waals surface area contributed by atoms with Gasteiger partial charge in [0, 0.05) is 5.69 Å². The van der Waals surface area contributed by atoms with Gasteiger partial charge in [-0.25, -0.2) is 4.99 Å². The third-order valence-corrected chi connectivity index (χ3v) is 1.68. The predicted octanol–water partition coefficient (Wildman–Crippen LogP) is 1.48. The maximum atomic E-state index is 4.98. The second kappa shape index (κ2) is 3.26. The number of nitrogens with one attached hydrogen (secondary N) is 1. The van der Waals surface area contributed by atoms with Gasteiger partial charge in [0.2, 0.25) is 0 Å². The molecule has 1 aliphatic rings. The first kappa shape index (κ1) is 7.16. The Balaban J connectivity index is 1.99. The van der Waals surface area contributed by atoms with Crippen LogP contribution in [0.2, 0.25) is 0 Å². The van der Waals surface area contributed by atoms with Crippen molar-refractivity contribution in [1.29, 1.82) is 0 Å². The van der Waals surface area contributed by atoms with Crippen LogP contribution in [0.1, 0.15) is 0 Å². The van der Waals surface area contributed by atoms with E-state index in [9.17, 15) is 0 Å². The second-order valence-electron chi connectivity index (χ2n) is 2.61. The fraction of sp³-hybridized carbons (Fsp3) is 0.222. The van der Waals surface area contributed by atoms with E-state index in [4.69, 9.17) is 4.74 Å². The number of aliphatic imine (C=N–C) groups is 1. The Kier molecular flexibility index (Phi) is 1.94. The monoisotopic (exact) mass is 162 g/mol. The van der Waals surface area contributed by atoms with E-state index in [1.54, 1.807) is 0 Å². The van der Waals surface area contributed by atoms with Crippen LogP contribution < -0.4 is 5.32 Å². The maximum absolute atomic E-state index is 4.98. The molecule has 12 heavy (non-hydrogen) atoms. The molecule has 1 aliphatic heterocycles. The number of benzene rings is 1. The van der Waals surface area contributed by atoms with Crippen molar-refractivity contribution < 1.29 is 4.74 Å². The minimum absolute atomic E-state index is 0.0763. The van der Waals surface area contributed by atoms with Gasteiger partial charge in [-0.05, 0) is 12.1 Å². The molecule has 1 N–H and O–H groups in total. The molecule has 0 amide bonds. The molecule has 0 spiro atoms. The lowest BCUT2D eigenvalue weighted by atomic mass is 10.3. The van der Waals surface area contributed by atoms with Crippen molar-refractivity contribution in [3.05, 3.63) is 30.3 Å². The zero-order chi connectivity index (χ0) is 8.23. The Morgan fingerprint density at radius 1 is 1.33 bits per heavy atom. The second-order valence-corrected chi connectivity index (χ2v) is 2.61. The van der Waals surface area contributed by atoms with Crippen molar-refractivity contribution in [2.24, 2.45) is 4.99 Å². The Labute approximate surface area is 71.1 Å². The maximum Gasteiger partial charge on any atom is 0.171 e. The van der Waals surface area contributed by atoms with Gasteiger partial charge in [0.1, 0.15) is 6.61 Å². The highest BCUT2D eigenvalue weighted by Gasteiger charge is 2.09. The average Bonchev–Trinajstić information content (AvgIpc) is 2.59. The SMILES string of the molecule is C1=NC(Nc2ccccc2)CO1. The van der Waals surface area contributed by atoms with Gasteiger partial charge in [0.15, 0.2) is 12.6 Å². The van der Waals surface area contributed by atoms with E-state index in [2.05, 4.69) is 10.3 Å². The third-order valence-electron chi connectivity index (χ3n) is 1.68. The number of para-hydroxylation sites is 1. The molecule has 3 heteroatoms. The Bertz CT molecular complexity index is 271. The fourth-order valence-corrected chi connectivity index (χ4v) is 1.10. The van der Waals surface area contributed by atoms with E-state index in [1.165, 1.54) is 6.40 Å². The Hall–Kier alpha value is -1.51. The van der Waals surface area contributed by atoms with E-state index in [0.29, 0.717) is 6.61 Å². The molecule has 0 fully saturated rings. The van der Waals surface area contributed by atoms with Gasteiger partial charge in [-0.15, -0.1) is 0 Å². The molecule has 1 aromatic carbocycles. The smallest absolute Gasteiger partial charge is 0.171 e.